The molecule has 0 atom stereocenters. The summed E-state index contributed by atoms with van der Waals surface area (Å²) in [5.41, 5.74) is 0. The van der Waals surface area contributed by atoms with E-state index in [1.165, 1.54) is 0 Å². The van der Waals surface area contributed by atoms with E-state index in [1.54, 1.807) is 13.3 Å². The highest BCUT2D eigenvalue weighted by Crippen LogP contribution is 1.60. The van der Waals surface area contributed by atoms with Gasteiger partial charge in [0.2, 0.25) is 0 Å². The highest BCUT2D eigenvalue weighted by Gasteiger charge is 1.49. The molecule has 0 rings (SSSR count). The normalized spacial score (nSPS) is 11.7. The van der Waals surface area contributed by atoms with Crippen molar-refractivity contribution in [2.45, 2.75) is 6.92 Å². The van der Waals surface area contributed by atoms with Gasteiger partial charge in [0, 0.05) is 13.3 Å². The zero-order valence-corrected chi connectivity index (χ0v) is 4.18. The van der Waals surface area contributed by atoms with Crippen molar-refractivity contribution in [1.82, 2.24) is 0 Å². The van der Waals surface area contributed by atoms with Crippen molar-refractivity contribution in [3.8, 4) is 0 Å². The summed E-state index contributed by atoms with van der Waals surface area (Å²) in [5.74, 6) is 0. The number of hydrogen-bond acceptors (Lipinski definition) is 1. The second-order valence-electron chi connectivity index (χ2n) is 0.933. The number of aliphatic imine (C=N–C) groups is 1. The largest absolute Gasteiger partial charge is 0.297 e. The van der Waals surface area contributed by atoms with E-state index in [2.05, 4.69) is 4.99 Å². The van der Waals surface area contributed by atoms with Gasteiger partial charge in [0.1, 0.15) is 0 Å². The smallest absolute Gasteiger partial charge is 0.0277 e. The molecule has 0 aromatic heterocycles. The molecule has 0 radical (unpaired) electrons. The molecule has 0 aromatic carbocycles. The van der Waals surface area contributed by atoms with Gasteiger partial charge in [0.15, 0.2) is 0 Å². The number of rotatable bonds is 1. The van der Waals surface area contributed by atoms with Crippen LogP contribution in [-0.4, -0.2) is 13.3 Å². The van der Waals surface area contributed by atoms with Gasteiger partial charge in [-0.15, -0.1) is 0 Å². The van der Waals surface area contributed by atoms with Crippen molar-refractivity contribution >= 4 is 6.21 Å². The molecule has 0 heterocycles. The van der Waals surface area contributed by atoms with Crippen molar-refractivity contribution < 1.29 is 0 Å². The fourth-order valence-electron chi connectivity index (χ4n) is 0.172. The van der Waals surface area contributed by atoms with Crippen LogP contribution in [0.5, 0.6) is 0 Å². The van der Waals surface area contributed by atoms with E-state index in [1.807, 2.05) is 19.1 Å². The first-order chi connectivity index (χ1) is 2.91. The van der Waals surface area contributed by atoms with Crippen LogP contribution in [0.4, 0.5) is 0 Å². The molecule has 0 saturated heterocycles. The predicted molar refractivity (Wildman–Crippen MR) is 29.2 cm³/mol. The average molecular weight is 83.1 g/mol. The van der Waals surface area contributed by atoms with E-state index in [0.717, 1.165) is 0 Å². The Morgan fingerprint density at radius 1 is 1.50 bits per heavy atom. The van der Waals surface area contributed by atoms with Gasteiger partial charge in [0.05, 0.1) is 0 Å². The van der Waals surface area contributed by atoms with E-state index >= 15 is 0 Å². The highest BCUT2D eigenvalue weighted by atomic mass is 14.6. The molecule has 0 saturated carbocycles. The fourth-order valence-corrected chi connectivity index (χ4v) is 0.172. The Morgan fingerprint density at radius 2 is 2.17 bits per heavy atom. The molecular weight excluding hydrogens is 74.1 g/mol. The van der Waals surface area contributed by atoms with Crippen LogP contribution in [0.25, 0.3) is 0 Å². The molecule has 0 aliphatic rings. The maximum atomic E-state index is 3.71. The zero-order chi connectivity index (χ0) is 4.83. The van der Waals surface area contributed by atoms with Crippen molar-refractivity contribution in [3.05, 3.63) is 12.2 Å². The third kappa shape index (κ3) is 3.41. The van der Waals surface area contributed by atoms with Crippen LogP contribution >= 0.6 is 0 Å². The quantitative estimate of drug-likeness (QED) is 0.423. The maximum absolute atomic E-state index is 3.71. The van der Waals surface area contributed by atoms with E-state index in [-0.39, 0.29) is 0 Å². The Labute approximate surface area is 38.4 Å². The molecule has 1 nitrogen and oxygen atoms in total. The van der Waals surface area contributed by atoms with Crippen molar-refractivity contribution in [3.63, 3.8) is 0 Å². The molecule has 0 fully saturated rings. The summed E-state index contributed by atoms with van der Waals surface area (Å²) in [6.45, 7) is 1.96. The lowest BCUT2D eigenvalue weighted by Gasteiger charge is -1.63. The van der Waals surface area contributed by atoms with Gasteiger partial charge in [-0.05, 0) is 13.0 Å². The van der Waals surface area contributed by atoms with Crippen LogP contribution in [0.1, 0.15) is 6.92 Å². The van der Waals surface area contributed by atoms with Gasteiger partial charge in [-0.3, -0.25) is 4.99 Å². The van der Waals surface area contributed by atoms with E-state index in [4.69, 9.17) is 0 Å². The minimum Gasteiger partial charge on any atom is -0.297 e. The van der Waals surface area contributed by atoms with Gasteiger partial charge in [-0.25, -0.2) is 0 Å². The molecule has 0 aromatic rings. The summed E-state index contributed by atoms with van der Waals surface area (Å²) in [6.07, 6.45) is 5.58. The SMILES string of the molecule is CC=CC=NC. The van der Waals surface area contributed by atoms with Gasteiger partial charge in [0.25, 0.3) is 0 Å². The van der Waals surface area contributed by atoms with Gasteiger partial charge < -0.3 is 0 Å². The van der Waals surface area contributed by atoms with Gasteiger partial charge >= 0.3 is 0 Å². The molecule has 0 N–H and O–H groups in total. The molecule has 6 heavy (non-hydrogen) atoms. The summed E-state index contributed by atoms with van der Waals surface area (Å²) in [5, 5.41) is 0. The molecule has 0 bridgehead atoms. The Hall–Kier alpha value is -0.590. The first-order valence-corrected chi connectivity index (χ1v) is 1.95. The number of hydrogen-bond donors (Lipinski definition) is 0. The van der Waals surface area contributed by atoms with Crippen molar-refractivity contribution in [2.24, 2.45) is 4.99 Å². The van der Waals surface area contributed by atoms with Crippen molar-refractivity contribution in [1.29, 1.82) is 0 Å². The molecule has 1 heteroatoms. The Balaban J connectivity index is 3.07. The average Bonchev–Trinajstić information content (AvgIpc) is 1.61. The lowest BCUT2D eigenvalue weighted by atomic mass is 10.6. The van der Waals surface area contributed by atoms with Crippen LogP contribution in [0.3, 0.4) is 0 Å². The van der Waals surface area contributed by atoms with Crippen LogP contribution < -0.4 is 0 Å². The molecule has 0 unspecified atom stereocenters. The molecular formula is C5H9N. The number of allylic oxidation sites excluding steroid dienone is 2. The topological polar surface area (TPSA) is 12.4 Å². The maximum Gasteiger partial charge on any atom is 0.0277 e. The first kappa shape index (κ1) is 5.41. The summed E-state index contributed by atoms with van der Waals surface area (Å²) in [6, 6.07) is 0. The van der Waals surface area contributed by atoms with Gasteiger partial charge in [-0.2, -0.15) is 0 Å². The lowest BCUT2D eigenvalue weighted by molar-refractivity contribution is 1.47. The summed E-state index contributed by atoms with van der Waals surface area (Å²) in [7, 11) is 1.75. The van der Waals surface area contributed by atoms with E-state index in [0.29, 0.717) is 0 Å². The second kappa shape index (κ2) is 4.41. The Morgan fingerprint density at radius 3 is 2.33 bits per heavy atom. The third-order valence-electron chi connectivity index (χ3n) is 0.428. The van der Waals surface area contributed by atoms with Gasteiger partial charge in [-0.1, -0.05) is 6.08 Å². The fraction of sp³-hybridized carbons (Fsp3) is 0.400. The Kier molecular flexibility index (Phi) is 3.98. The summed E-state index contributed by atoms with van der Waals surface area (Å²) in [4.78, 5) is 3.71. The third-order valence-corrected chi connectivity index (χ3v) is 0.428. The minimum atomic E-state index is 1.75. The van der Waals surface area contributed by atoms with Crippen LogP contribution in [-0.2, 0) is 0 Å². The molecule has 0 aliphatic heterocycles. The molecule has 0 amide bonds. The Bertz CT molecular complexity index is 52.3. The van der Waals surface area contributed by atoms with E-state index in [9.17, 15) is 0 Å². The van der Waals surface area contributed by atoms with Crippen LogP contribution in [0, 0.1) is 0 Å². The van der Waals surface area contributed by atoms with E-state index < -0.39 is 0 Å². The predicted octanol–water partition coefficient (Wildman–Crippen LogP) is 1.26. The first-order valence-electron chi connectivity index (χ1n) is 1.95. The van der Waals surface area contributed by atoms with Crippen LogP contribution in [0.15, 0.2) is 17.1 Å². The molecule has 0 aliphatic carbocycles. The minimum absolute atomic E-state index is 1.75. The second-order valence-corrected chi connectivity index (χ2v) is 0.933. The molecule has 0 spiro atoms. The standard InChI is InChI=1S/C5H9N/c1-3-4-5-6-2/h3-5H,1-2H3. The monoisotopic (exact) mass is 83.1 g/mol. The highest BCUT2D eigenvalue weighted by molar-refractivity contribution is 5.70. The summed E-state index contributed by atoms with van der Waals surface area (Å²) >= 11 is 0. The number of nitrogens with zero attached hydrogens (tertiary/aromatic N) is 1. The molecule has 34 valence electrons. The van der Waals surface area contributed by atoms with Crippen LogP contribution in [0.2, 0.25) is 0 Å². The summed E-state index contributed by atoms with van der Waals surface area (Å²) < 4.78 is 0. The van der Waals surface area contributed by atoms with Crippen molar-refractivity contribution in [2.75, 3.05) is 7.05 Å². The lowest BCUT2D eigenvalue weighted by Crippen LogP contribution is -1.56. The zero-order valence-electron chi connectivity index (χ0n) is 4.18.